The van der Waals surface area contributed by atoms with E-state index in [4.69, 9.17) is 10.1 Å². The number of pyridine rings is 3. The zero-order valence-corrected chi connectivity index (χ0v) is 20.7. The Morgan fingerprint density at radius 3 is 2.58 bits per heavy atom. The number of piperazine rings is 1. The second kappa shape index (κ2) is 9.31. The molecule has 9 nitrogen and oxygen atoms in total. The molecule has 1 saturated heterocycles. The van der Waals surface area contributed by atoms with Gasteiger partial charge in [-0.15, -0.1) is 0 Å². The molecule has 6 rings (SSSR count). The van der Waals surface area contributed by atoms with Crippen molar-refractivity contribution in [1.82, 2.24) is 34.9 Å². The molecular weight excluding hydrogens is 452 g/mol. The molecule has 0 atom stereocenters. The molecule has 1 aliphatic carbocycles. The second-order valence-electron chi connectivity index (χ2n) is 9.75. The normalized spacial score (nSPS) is 16.4. The quantitative estimate of drug-likeness (QED) is 0.452. The van der Waals surface area contributed by atoms with Crippen LogP contribution in [-0.2, 0) is 6.54 Å². The molecule has 4 aromatic rings. The molecule has 0 radical (unpaired) electrons. The summed E-state index contributed by atoms with van der Waals surface area (Å²) in [5.74, 6) is 1.95. The van der Waals surface area contributed by atoms with Gasteiger partial charge in [-0.25, -0.2) is 15.0 Å². The molecule has 36 heavy (non-hydrogen) atoms. The van der Waals surface area contributed by atoms with Gasteiger partial charge in [0.25, 0.3) is 5.91 Å². The zero-order valence-electron chi connectivity index (χ0n) is 20.7. The van der Waals surface area contributed by atoms with E-state index >= 15 is 0 Å². The summed E-state index contributed by atoms with van der Waals surface area (Å²) in [4.78, 5) is 32.1. The molecule has 2 fully saturated rings. The fourth-order valence-corrected chi connectivity index (χ4v) is 4.74. The number of carbonyl (C=O) groups is 1. The number of carbonyl (C=O) groups excluding carboxylic acids is 1. The molecule has 0 aromatic carbocycles. The second-order valence-corrected chi connectivity index (χ2v) is 9.75. The number of anilines is 1. The van der Waals surface area contributed by atoms with Crippen molar-refractivity contribution in [3.63, 3.8) is 0 Å². The molecule has 2 aliphatic rings. The summed E-state index contributed by atoms with van der Waals surface area (Å²) in [6.07, 6.45) is 5.79. The lowest BCUT2D eigenvalue weighted by Gasteiger charge is -2.33. The van der Waals surface area contributed by atoms with Crippen LogP contribution in [0.3, 0.4) is 0 Å². The third-order valence-electron chi connectivity index (χ3n) is 7.03. The lowest BCUT2D eigenvalue weighted by molar-refractivity contribution is 0.0952. The molecular formula is C27H30N8O. The molecule has 5 heterocycles. The molecule has 1 aliphatic heterocycles. The third kappa shape index (κ3) is 4.42. The van der Waals surface area contributed by atoms with E-state index in [0.717, 1.165) is 67.2 Å². The SMILES string of the molecule is Cc1nn(-c2ccccn2)c2nc(C3CC3)cc(C(=O)NCc3ccc(N4CCN(C)CC4)nc3)c12. The molecule has 0 bridgehead atoms. The van der Waals surface area contributed by atoms with E-state index in [2.05, 4.69) is 32.1 Å². The van der Waals surface area contributed by atoms with Gasteiger partial charge < -0.3 is 15.1 Å². The van der Waals surface area contributed by atoms with Crippen LogP contribution in [0.4, 0.5) is 5.82 Å². The number of aromatic nitrogens is 5. The molecule has 1 N–H and O–H groups in total. The van der Waals surface area contributed by atoms with Crippen molar-refractivity contribution < 1.29 is 4.79 Å². The minimum absolute atomic E-state index is 0.129. The molecule has 1 amide bonds. The lowest BCUT2D eigenvalue weighted by Crippen LogP contribution is -2.44. The molecule has 184 valence electrons. The first-order valence-corrected chi connectivity index (χ1v) is 12.5. The van der Waals surface area contributed by atoms with Crippen LogP contribution in [0.15, 0.2) is 48.8 Å². The van der Waals surface area contributed by atoms with E-state index in [-0.39, 0.29) is 5.91 Å². The van der Waals surface area contributed by atoms with E-state index in [1.165, 1.54) is 0 Å². The van der Waals surface area contributed by atoms with Gasteiger partial charge in [0.2, 0.25) is 0 Å². The number of amides is 1. The minimum atomic E-state index is -0.129. The smallest absolute Gasteiger partial charge is 0.252 e. The number of hydrogen-bond acceptors (Lipinski definition) is 7. The lowest BCUT2D eigenvalue weighted by atomic mass is 10.1. The zero-order chi connectivity index (χ0) is 24.6. The molecule has 9 heteroatoms. The average Bonchev–Trinajstić information content (AvgIpc) is 3.71. The van der Waals surface area contributed by atoms with Gasteiger partial charge >= 0.3 is 0 Å². The van der Waals surface area contributed by atoms with Crippen LogP contribution in [0.25, 0.3) is 16.9 Å². The van der Waals surface area contributed by atoms with Crippen molar-refractivity contribution >= 4 is 22.8 Å². The Kier molecular flexibility index (Phi) is 5.85. The first-order valence-electron chi connectivity index (χ1n) is 12.5. The van der Waals surface area contributed by atoms with Crippen LogP contribution in [0.1, 0.15) is 46.1 Å². The van der Waals surface area contributed by atoms with Gasteiger partial charge in [-0.3, -0.25) is 4.79 Å². The van der Waals surface area contributed by atoms with E-state index < -0.39 is 0 Å². The highest BCUT2D eigenvalue weighted by molar-refractivity contribution is 6.06. The summed E-state index contributed by atoms with van der Waals surface area (Å²) in [5, 5.41) is 8.56. The van der Waals surface area contributed by atoms with Crippen LogP contribution >= 0.6 is 0 Å². The van der Waals surface area contributed by atoms with E-state index in [1.54, 1.807) is 10.9 Å². The highest BCUT2D eigenvalue weighted by atomic mass is 16.1. The summed E-state index contributed by atoms with van der Waals surface area (Å²) in [6.45, 7) is 6.36. The summed E-state index contributed by atoms with van der Waals surface area (Å²) in [6, 6.07) is 11.7. The van der Waals surface area contributed by atoms with Crippen molar-refractivity contribution in [1.29, 1.82) is 0 Å². The van der Waals surface area contributed by atoms with E-state index in [0.29, 0.717) is 29.5 Å². The van der Waals surface area contributed by atoms with Gasteiger partial charge in [0.05, 0.1) is 16.6 Å². The van der Waals surface area contributed by atoms with Gasteiger partial charge in [-0.2, -0.15) is 9.78 Å². The fraction of sp³-hybridized carbons (Fsp3) is 0.370. The Morgan fingerprint density at radius 1 is 1.06 bits per heavy atom. The Morgan fingerprint density at radius 2 is 1.89 bits per heavy atom. The maximum Gasteiger partial charge on any atom is 0.252 e. The molecule has 4 aromatic heterocycles. The maximum atomic E-state index is 13.4. The highest BCUT2D eigenvalue weighted by Crippen LogP contribution is 2.40. The Labute approximate surface area is 210 Å². The number of nitrogens with one attached hydrogen (secondary N) is 1. The Hall–Kier alpha value is -3.85. The number of fused-ring (bicyclic) bond motifs is 1. The monoisotopic (exact) mass is 482 g/mol. The number of nitrogens with zero attached hydrogens (tertiary/aromatic N) is 7. The highest BCUT2D eigenvalue weighted by Gasteiger charge is 2.29. The number of rotatable bonds is 6. The number of hydrogen-bond donors (Lipinski definition) is 1. The third-order valence-corrected chi connectivity index (χ3v) is 7.03. The summed E-state index contributed by atoms with van der Waals surface area (Å²) >= 11 is 0. The van der Waals surface area contributed by atoms with Crippen molar-refractivity contribution in [3.05, 3.63) is 71.3 Å². The standard InChI is InChI=1S/C27H30N8O/c1-18-25-21(15-22(20-7-8-20)31-26(25)35(32-18)24-5-3-4-10-28-24)27(36)30-17-19-6-9-23(29-16-19)34-13-11-33(2)12-14-34/h3-6,9-10,15-16,20H,7-8,11-14,17H2,1-2H3,(H,30,36). The van der Waals surface area contributed by atoms with Crippen LogP contribution < -0.4 is 10.2 Å². The minimum Gasteiger partial charge on any atom is -0.354 e. The predicted octanol–water partition coefficient (Wildman–Crippen LogP) is 3.08. The van der Waals surface area contributed by atoms with Gasteiger partial charge in [-0.05, 0) is 56.6 Å². The summed E-state index contributed by atoms with van der Waals surface area (Å²) in [7, 11) is 2.14. The molecule has 0 spiro atoms. The average molecular weight is 483 g/mol. The largest absolute Gasteiger partial charge is 0.354 e. The van der Waals surface area contributed by atoms with Crippen LogP contribution in [-0.4, -0.2) is 68.8 Å². The predicted molar refractivity (Wildman–Crippen MR) is 138 cm³/mol. The first kappa shape index (κ1) is 22.6. The van der Waals surface area contributed by atoms with Gasteiger partial charge in [0.1, 0.15) is 5.82 Å². The van der Waals surface area contributed by atoms with Crippen LogP contribution in [0, 0.1) is 6.92 Å². The molecule has 0 unspecified atom stereocenters. The van der Waals surface area contributed by atoms with Gasteiger partial charge in [-0.1, -0.05) is 12.1 Å². The number of aryl methyl sites for hydroxylation is 1. The van der Waals surface area contributed by atoms with Crippen molar-refractivity contribution in [2.24, 2.45) is 0 Å². The van der Waals surface area contributed by atoms with Crippen molar-refractivity contribution in [3.8, 4) is 5.82 Å². The fourth-order valence-electron chi connectivity index (χ4n) is 4.74. The van der Waals surface area contributed by atoms with Crippen LogP contribution in [0.2, 0.25) is 0 Å². The van der Waals surface area contributed by atoms with E-state index in [9.17, 15) is 4.79 Å². The van der Waals surface area contributed by atoms with Crippen molar-refractivity contribution in [2.75, 3.05) is 38.1 Å². The Balaban J connectivity index is 1.25. The summed E-state index contributed by atoms with van der Waals surface area (Å²) in [5.41, 5.74) is 3.97. The first-order chi connectivity index (χ1) is 17.6. The van der Waals surface area contributed by atoms with Gasteiger partial charge in [0.15, 0.2) is 11.5 Å². The maximum absolute atomic E-state index is 13.4. The Bertz CT molecular complexity index is 1390. The van der Waals surface area contributed by atoms with Crippen molar-refractivity contribution in [2.45, 2.75) is 32.2 Å². The topological polar surface area (TPSA) is 92.1 Å². The van der Waals surface area contributed by atoms with Gasteiger partial charge in [0, 0.05) is 56.7 Å². The van der Waals surface area contributed by atoms with Crippen LogP contribution in [0.5, 0.6) is 0 Å². The number of likely N-dealkylation sites (N-methyl/N-ethyl adjacent to an activating group) is 1. The molecule has 1 saturated carbocycles. The summed E-state index contributed by atoms with van der Waals surface area (Å²) < 4.78 is 1.74. The van der Waals surface area contributed by atoms with E-state index in [1.807, 2.05) is 49.5 Å².